The van der Waals surface area contributed by atoms with Crippen LogP contribution in [0.15, 0.2) is 5.16 Å². The summed E-state index contributed by atoms with van der Waals surface area (Å²) in [6.07, 6.45) is 2.36. The van der Waals surface area contributed by atoms with Gasteiger partial charge in [0.2, 0.25) is 5.79 Å². The minimum absolute atomic E-state index is 0.437. The van der Waals surface area contributed by atoms with Gasteiger partial charge in [0, 0.05) is 6.42 Å². The van der Waals surface area contributed by atoms with Crippen molar-refractivity contribution in [2.24, 2.45) is 5.16 Å². The summed E-state index contributed by atoms with van der Waals surface area (Å²) in [5, 5.41) is 12.1. The first kappa shape index (κ1) is 6.62. The van der Waals surface area contributed by atoms with Crippen LogP contribution in [0.5, 0.6) is 0 Å². The summed E-state index contributed by atoms with van der Waals surface area (Å²) in [6, 6.07) is 1.96. The molecule has 4 heteroatoms. The Morgan fingerprint density at radius 2 is 2.55 bits per heavy atom. The van der Waals surface area contributed by atoms with Crippen LogP contribution in [0, 0.1) is 11.3 Å². The molecule has 1 spiro atoms. The lowest BCUT2D eigenvalue weighted by molar-refractivity contribution is -0.192. The molecule has 0 aromatic rings. The van der Waals surface area contributed by atoms with Gasteiger partial charge in [-0.2, -0.15) is 5.26 Å². The van der Waals surface area contributed by atoms with Crippen LogP contribution in [0.3, 0.4) is 0 Å². The molecule has 4 nitrogen and oxygen atoms in total. The van der Waals surface area contributed by atoms with E-state index in [-0.39, 0.29) is 0 Å². The monoisotopic (exact) mass is 152 g/mol. The Morgan fingerprint density at radius 1 is 1.64 bits per heavy atom. The number of hydrogen-bond donors (Lipinski definition) is 0. The van der Waals surface area contributed by atoms with Crippen molar-refractivity contribution in [2.45, 2.75) is 25.0 Å². The van der Waals surface area contributed by atoms with E-state index in [4.69, 9.17) is 14.8 Å². The summed E-state index contributed by atoms with van der Waals surface area (Å²) >= 11 is 0. The lowest BCUT2D eigenvalue weighted by Crippen LogP contribution is -2.26. The molecule has 2 aliphatic heterocycles. The zero-order valence-electron chi connectivity index (χ0n) is 6.04. The van der Waals surface area contributed by atoms with Gasteiger partial charge < -0.3 is 9.57 Å². The van der Waals surface area contributed by atoms with Gasteiger partial charge in [-0.25, -0.2) is 0 Å². The quantitative estimate of drug-likeness (QED) is 0.515. The number of ether oxygens (including phenoxy) is 1. The van der Waals surface area contributed by atoms with Crippen molar-refractivity contribution in [2.75, 3.05) is 6.61 Å². The molecule has 2 aliphatic rings. The molecular weight excluding hydrogens is 144 g/mol. The molecule has 2 rings (SSSR count). The topological polar surface area (TPSA) is 54.6 Å². The maximum absolute atomic E-state index is 8.49. The fourth-order valence-electron chi connectivity index (χ4n) is 1.40. The SMILES string of the molecule is N#CC1=NOC2(CCCO2)C1. The lowest BCUT2D eigenvalue weighted by atomic mass is 10.1. The van der Waals surface area contributed by atoms with Crippen molar-refractivity contribution in [3.8, 4) is 6.07 Å². The molecule has 0 aromatic heterocycles. The smallest absolute Gasteiger partial charge is 0.243 e. The molecule has 0 radical (unpaired) electrons. The van der Waals surface area contributed by atoms with Crippen LogP contribution in [0.2, 0.25) is 0 Å². The molecule has 2 heterocycles. The average Bonchev–Trinajstić information content (AvgIpc) is 2.62. The maximum atomic E-state index is 8.49. The fourth-order valence-corrected chi connectivity index (χ4v) is 1.40. The van der Waals surface area contributed by atoms with E-state index in [1.165, 1.54) is 0 Å². The molecule has 0 aliphatic carbocycles. The summed E-state index contributed by atoms with van der Waals surface area (Å²) in [4.78, 5) is 5.05. The van der Waals surface area contributed by atoms with Crippen LogP contribution in [0.1, 0.15) is 19.3 Å². The Kier molecular flexibility index (Phi) is 1.33. The van der Waals surface area contributed by atoms with Gasteiger partial charge >= 0.3 is 0 Å². The Bertz CT molecular complexity index is 235. The molecule has 0 saturated carbocycles. The van der Waals surface area contributed by atoms with E-state index in [9.17, 15) is 0 Å². The first-order valence-corrected chi connectivity index (χ1v) is 3.64. The molecule has 0 aromatic carbocycles. The van der Waals surface area contributed by atoms with E-state index in [0.717, 1.165) is 12.8 Å². The van der Waals surface area contributed by atoms with Crippen LogP contribution in [0.25, 0.3) is 0 Å². The Labute approximate surface area is 64.4 Å². The van der Waals surface area contributed by atoms with Crippen LogP contribution in [0.4, 0.5) is 0 Å². The van der Waals surface area contributed by atoms with Gasteiger partial charge in [0.05, 0.1) is 13.0 Å². The van der Waals surface area contributed by atoms with E-state index >= 15 is 0 Å². The molecule has 11 heavy (non-hydrogen) atoms. The summed E-state index contributed by atoms with van der Waals surface area (Å²) in [7, 11) is 0. The first-order valence-electron chi connectivity index (χ1n) is 3.64. The predicted octanol–water partition coefficient (Wildman–Crippen LogP) is 0.793. The normalized spacial score (nSPS) is 35.0. The molecule has 58 valence electrons. The van der Waals surface area contributed by atoms with E-state index in [0.29, 0.717) is 18.7 Å². The highest BCUT2D eigenvalue weighted by atomic mass is 16.8. The van der Waals surface area contributed by atoms with Crippen molar-refractivity contribution in [3.63, 3.8) is 0 Å². The third-order valence-corrected chi connectivity index (χ3v) is 1.96. The van der Waals surface area contributed by atoms with Crippen LogP contribution >= 0.6 is 0 Å². The van der Waals surface area contributed by atoms with Crippen LogP contribution < -0.4 is 0 Å². The van der Waals surface area contributed by atoms with Gasteiger partial charge in [0.15, 0.2) is 5.71 Å². The van der Waals surface area contributed by atoms with Gasteiger partial charge in [-0.15, -0.1) is 0 Å². The van der Waals surface area contributed by atoms with Crippen LogP contribution in [-0.2, 0) is 9.57 Å². The molecule has 0 N–H and O–H groups in total. The summed E-state index contributed by atoms with van der Waals surface area (Å²) in [5.74, 6) is -0.564. The minimum atomic E-state index is -0.564. The highest BCUT2D eigenvalue weighted by Crippen LogP contribution is 2.34. The molecule has 0 bridgehead atoms. The van der Waals surface area contributed by atoms with E-state index in [1.807, 2.05) is 6.07 Å². The average molecular weight is 152 g/mol. The number of hydrogen-bond acceptors (Lipinski definition) is 4. The van der Waals surface area contributed by atoms with E-state index in [1.54, 1.807) is 0 Å². The maximum Gasteiger partial charge on any atom is 0.243 e. The van der Waals surface area contributed by atoms with Gasteiger partial charge in [0.1, 0.15) is 6.07 Å². The molecule has 1 fully saturated rings. The summed E-state index contributed by atoms with van der Waals surface area (Å²) in [5.41, 5.74) is 0.437. The van der Waals surface area contributed by atoms with Gasteiger partial charge in [-0.3, -0.25) is 0 Å². The lowest BCUT2D eigenvalue weighted by Gasteiger charge is -2.17. The predicted molar refractivity (Wildman–Crippen MR) is 36.7 cm³/mol. The molecular formula is C7H8N2O2. The number of oxime groups is 1. The van der Waals surface area contributed by atoms with Gasteiger partial charge in [-0.1, -0.05) is 5.16 Å². The van der Waals surface area contributed by atoms with Crippen molar-refractivity contribution in [3.05, 3.63) is 0 Å². The van der Waals surface area contributed by atoms with Crippen molar-refractivity contribution >= 4 is 5.71 Å². The Morgan fingerprint density at radius 3 is 3.09 bits per heavy atom. The zero-order chi connectivity index (χ0) is 7.73. The van der Waals surface area contributed by atoms with Crippen molar-refractivity contribution in [1.29, 1.82) is 5.26 Å². The number of rotatable bonds is 0. The molecule has 1 saturated heterocycles. The van der Waals surface area contributed by atoms with E-state index in [2.05, 4.69) is 5.16 Å². The summed E-state index contributed by atoms with van der Waals surface area (Å²) < 4.78 is 5.35. The second-order valence-electron chi connectivity index (χ2n) is 2.78. The molecule has 0 amide bonds. The van der Waals surface area contributed by atoms with E-state index < -0.39 is 5.79 Å². The second kappa shape index (κ2) is 2.21. The minimum Gasteiger partial charge on any atom is -0.359 e. The molecule has 1 atom stereocenters. The highest BCUT2D eigenvalue weighted by molar-refractivity contribution is 5.99. The molecule has 1 unspecified atom stereocenters. The standard InChI is InChI=1S/C7H8N2O2/c8-5-6-4-7(11-9-6)2-1-3-10-7/h1-4H2. The third kappa shape index (κ3) is 0.976. The zero-order valence-corrected chi connectivity index (χ0v) is 6.04. The third-order valence-electron chi connectivity index (χ3n) is 1.96. The van der Waals surface area contributed by atoms with Crippen LogP contribution in [-0.4, -0.2) is 18.1 Å². The van der Waals surface area contributed by atoms with Crippen molar-refractivity contribution < 1.29 is 9.57 Å². The fraction of sp³-hybridized carbons (Fsp3) is 0.714. The largest absolute Gasteiger partial charge is 0.359 e. The number of nitrogens with zero attached hydrogens (tertiary/aromatic N) is 2. The van der Waals surface area contributed by atoms with Gasteiger partial charge in [-0.05, 0) is 6.42 Å². The van der Waals surface area contributed by atoms with Crippen molar-refractivity contribution in [1.82, 2.24) is 0 Å². The number of nitriles is 1. The Balaban J connectivity index is 2.08. The highest BCUT2D eigenvalue weighted by Gasteiger charge is 2.43. The second-order valence-corrected chi connectivity index (χ2v) is 2.78. The summed E-state index contributed by atoms with van der Waals surface area (Å²) in [6.45, 7) is 0.716. The van der Waals surface area contributed by atoms with Gasteiger partial charge in [0.25, 0.3) is 0 Å². The Hall–Kier alpha value is -1.08. The first-order chi connectivity index (χ1) is 5.35.